The molecule has 3 fully saturated rings. The van der Waals surface area contributed by atoms with Gasteiger partial charge in [0.25, 0.3) is 0 Å². The standard InChI is InChI=1S/C24H27N3O5S/c1-3-18-15-26(16-19-9-4-5-13-25-19)22-21-11-7-12-24(18,32-22)27(21)33(29,30)20-10-6-8-17(14-20)23(28)31-2/h3-6,8-10,13-14,18,21-22H,1,7,11-12,15-16H2,2H3/t18-,21+,22?,24-/m1/s1. The number of carbonyl (C=O) groups excluding carboxylic acids is 1. The molecule has 0 aliphatic carbocycles. The number of methoxy groups -OCH3 is 1. The van der Waals surface area contributed by atoms with Crippen molar-refractivity contribution in [1.82, 2.24) is 14.2 Å². The average Bonchev–Trinajstić information content (AvgIpc) is 3.02. The summed E-state index contributed by atoms with van der Waals surface area (Å²) in [7, 11) is -2.68. The van der Waals surface area contributed by atoms with E-state index < -0.39 is 21.7 Å². The Morgan fingerprint density at radius 2 is 2.18 bits per heavy atom. The second-order valence-electron chi connectivity index (χ2n) is 8.73. The first-order valence-electron chi connectivity index (χ1n) is 11.1. The Kier molecular flexibility index (Phi) is 5.60. The SMILES string of the molecule is C=C[C@@H]1CN(Cc2ccccn2)C2O[C@]13CCC[C@@H]2N3S(=O)(=O)c1cccc(C(=O)OC)c1. The summed E-state index contributed by atoms with van der Waals surface area (Å²) in [5.41, 5.74) is 0.124. The van der Waals surface area contributed by atoms with Crippen molar-refractivity contribution >= 4 is 16.0 Å². The van der Waals surface area contributed by atoms with E-state index in [2.05, 4.69) is 16.5 Å². The van der Waals surface area contributed by atoms with Gasteiger partial charge in [0.1, 0.15) is 12.0 Å². The number of benzene rings is 1. The third-order valence-corrected chi connectivity index (χ3v) is 8.87. The van der Waals surface area contributed by atoms with Crippen LogP contribution in [0, 0.1) is 5.92 Å². The van der Waals surface area contributed by atoms with Gasteiger partial charge in [-0.05, 0) is 49.6 Å². The molecule has 0 saturated carbocycles. The Hall–Kier alpha value is -2.59. The summed E-state index contributed by atoms with van der Waals surface area (Å²) in [6.45, 7) is 5.22. The first-order chi connectivity index (χ1) is 15.9. The van der Waals surface area contributed by atoms with Crippen LogP contribution < -0.4 is 0 Å². The van der Waals surface area contributed by atoms with Crippen LogP contribution in [0.3, 0.4) is 0 Å². The highest BCUT2D eigenvalue weighted by Crippen LogP contribution is 2.54. The molecule has 3 aliphatic heterocycles. The maximum atomic E-state index is 14.0. The number of sulfonamides is 1. The lowest BCUT2D eigenvalue weighted by Crippen LogP contribution is -2.58. The molecule has 2 aromatic rings. The van der Waals surface area contributed by atoms with Crippen molar-refractivity contribution in [1.29, 1.82) is 0 Å². The molecular formula is C24H27N3O5S. The van der Waals surface area contributed by atoms with Crippen LogP contribution in [0.15, 0.2) is 66.2 Å². The number of hydrogen-bond acceptors (Lipinski definition) is 7. The van der Waals surface area contributed by atoms with Crippen LogP contribution in [0.1, 0.15) is 35.3 Å². The third-order valence-electron chi connectivity index (χ3n) is 6.92. The van der Waals surface area contributed by atoms with Gasteiger partial charge >= 0.3 is 5.97 Å². The first-order valence-corrected chi connectivity index (χ1v) is 12.5. The topological polar surface area (TPSA) is 89.0 Å². The van der Waals surface area contributed by atoms with Crippen LogP contribution in [0.4, 0.5) is 0 Å². The zero-order valence-corrected chi connectivity index (χ0v) is 19.3. The van der Waals surface area contributed by atoms with Crippen LogP contribution in [-0.4, -0.2) is 60.2 Å². The molecule has 3 bridgehead atoms. The van der Waals surface area contributed by atoms with Gasteiger partial charge in [0, 0.05) is 25.2 Å². The summed E-state index contributed by atoms with van der Waals surface area (Å²) >= 11 is 0. The van der Waals surface area contributed by atoms with Gasteiger partial charge in [-0.15, -0.1) is 6.58 Å². The van der Waals surface area contributed by atoms with Crippen LogP contribution in [0.5, 0.6) is 0 Å². The fraction of sp³-hybridized carbons (Fsp3) is 0.417. The molecule has 1 spiro atoms. The van der Waals surface area contributed by atoms with E-state index >= 15 is 0 Å². The number of nitrogens with zero attached hydrogens (tertiary/aromatic N) is 3. The van der Waals surface area contributed by atoms with E-state index in [0.717, 1.165) is 12.1 Å². The second kappa shape index (κ2) is 8.32. The lowest BCUT2D eigenvalue weighted by molar-refractivity contribution is -0.193. The summed E-state index contributed by atoms with van der Waals surface area (Å²) < 4.78 is 41.0. The van der Waals surface area contributed by atoms with Crippen molar-refractivity contribution in [3.8, 4) is 0 Å². The number of pyridine rings is 1. The number of ether oxygens (including phenoxy) is 2. The molecule has 33 heavy (non-hydrogen) atoms. The van der Waals surface area contributed by atoms with Gasteiger partial charge in [-0.2, -0.15) is 4.31 Å². The van der Waals surface area contributed by atoms with Crippen molar-refractivity contribution in [2.45, 2.75) is 48.7 Å². The summed E-state index contributed by atoms with van der Waals surface area (Å²) in [5, 5.41) is 0. The van der Waals surface area contributed by atoms with Gasteiger partial charge in [0.15, 0.2) is 0 Å². The number of rotatable bonds is 6. The van der Waals surface area contributed by atoms with E-state index in [1.807, 2.05) is 24.3 Å². The molecule has 1 aromatic carbocycles. The highest BCUT2D eigenvalue weighted by molar-refractivity contribution is 7.89. The Balaban J connectivity index is 1.55. The fourth-order valence-electron chi connectivity index (χ4n) is 5.49. The number of piperidine rings is 1. The van der Waals surface area contributed by atoms with Crippen LogP contribution in [-0.2, 0) is 26.0 Å². The molecular weight excluding hydrogens is 442 g/mol. The summed E-state index contributed by atoms with van der Waals surface area (Å²) in [6, 6.07) is 11.4. The van der Waals surface area contributed by atoms with Crippen molar-refractivity contribution in [2.75, 3.05) is 13.7 Å². The minimum atomic E-state index is -3.95. The van der Waals surface area contributed by atoms with E-state index in [0.29, 0.717) is 25.9 Å². The van der Waals surface area contributed by atoms with Crippen molar-refractivity contribution in [3.63, 3.8) is 0 Å². The monoisotopic (exact) mass is 469 g/mol. The van der Waals surface area contributed by atoms with Crippen LogP contribution in [0.25, 0.3) is 0 Å². The molecule has 174 valence electrons. The molecule has 4 atom stereocenters. The van der Waals surface area contributed by atoms with Gasteiger partial charge in [0.05, 0.1) is 29.3 Å². The van der Waals surface area contributed by atoms with Gasteiger partial charge < -0.3 is 9.47 Å². The second-order valence-corrected chi connectivity index (χ2v) is 10.5. The number of esters is 1. The van der Waals surface area contributed by atoms with Crippen molar-refractivity contribution < 1.29 is 22.7 Å². The number of hydrogen-bond donors (Lipinski definition) is 0. The van der Waals surface area contributed by atoms with E-state index in [4.69, 9.17) is 9.47 Å². The quantitative estimate of drug-likeness (QED) is 0.475. The minimum absolute atomic E-state index is 0.0620. The van der Waals surface area contributed by atoms with E-state index in [1.54, 1.807) is 22.6 Å². The lowest BCUT2D eigenvalue weighted by Gasteiger charge is -2.47. The fourth-order valence-corrected chi connectivity index (χ4v) is 7.49. The normalized spacial score (nSPS) is 29.5. The zero-order valence-electron chi connectivity index (χ0n) is 18.5. The lowest BCUT2D eigenvalue weighted by atomic mass is 9.87. The van der Waals surface area contributed by atoms with Gasteiger partial charge in [0.2, 0.25) is 10.0 Å². The predicted octanol–water partition coefficient (Wildman–Crippen LogP) is 2.78. The number of aromatic nitrogens is 1. The van der Waals surface area contributed by atoms with E-state index in [1.165, 1.54) is 19.2 Å². The molecule has 4 heterocycles. The highest BCUT2D eigenvalue weighted by atomic mass is 32.2. The summed E-state index contributed by atoms with van der Waals surface area (Å²) in [5.74, 6) is -0.784. The summed E-state index contributed by atoms with van der Waals surface area (Å²) in [4.78, 5) is 18.7. The Bertz CT molecular complexity index is 1170. The molecule has 1 aromatic heterocycles. The van der Waals surface area contributed by atoms with E-state index in [-0.39, 0.29) is 28.6 Å². The van der Waals surface area contributed by atoms with Crippen LogP contribution >= 0.6 is 0 Å². The maximum Gasteiger partial charge on any atom is 0.337 e. The smallest absolute Gasteiger partial charge is 0.337 e. The minimum Gasteiger partial charge on any atom is -0.465 e. The Morgan fingerprint density at radius 1 is 1.33 bits per heavy atom. The zero-order chi connectivity index (χ0) is 23.2. The number of carbonyl (C=O) groups is 1. The van der Waals surface area contributed by atoms with Crippen LogP contribution in [0.2, 0.25) is 0 Å². The Morgan fingerprint density at radius 3 is 2.91 bits per heavy atom. The van der Waals surface area contributed by atoms with Gasteiger partial charge in [-0.1, -0.05) is 18.2 Å². The molecule has 0 N–H and O–H groups in total. The third kappa shape index (κ3) is 3.50. The van der Waals surface area contributed by atoms with Crippen molar-refractivity contribution in [2.24, 2.45) is 5.92 Å². The maximum absolute atomic E-state index is 14.0. The molecule has 5 rings (SSSR count). The molecule has 1 unspecified atom stereocenters. The highest BCUT2D eigenvalue weighted by Gasteiger charge is 2.66. The molecule has 0 radical (unpaired) electrons. The molecule has 3 saturated heterocycles. The molecule has 9 heteroatoms. The largest absolute Gasteiger partial charge is 0.465 e. The number of fused-ring (bicyclic) bond motifs is 3. The Labute approximate surface area is 193 Å². The molecule has 8 nitrogen and oxygen atoms in total. The van der Waals surface area contributed by atoms with Crippen molar-refractivity contribution in [3.05, 3.63) is 72.6 Å². The summed E-state index contributed by atoms with van der Waals surface area (Å²) in [6.07, 6.45) is 5.36. The van der Waals surface area contributed by atoms with Gasteiger partial charge in [-0.25, -0.2) is 13.2 Å². The average molecular weight is 470 g/mol. The van der Waals surface area contributed by atoms with E-state index in [9.17, 15) is 13.2 Å². The molecule has 3 aliphatic rings. The molecule has 0 amide bonds. The first kappa shape index (κ1) is 22.2. The predicted molar refractivity (Wildman–Crippen MR) is 120 cm³/mol. The van der Waals surface area contributed by atoms with Gasteiger partial charge in [-0.3, -0.25) is 9.88 Å².